The number of hydrogen-bond donors (Lipinski definition) is 1. The van der Waals surface area contributed by atoms with Gasteiger partial charge in [0.2, 0.25) is 5.88 Å². The molecule has 2 rings (SSSR count). The lowest BCUT2D eigenvalue weighted by molar-refractivity contribution is -0.133. The highest BCUT2D eigenvalue weighted by Crippen LogP contribution is 2.29. The molecule has 0 bridgehead atoms. The normalized spacial score (nSPS) is 11.0. The maximum Gasteiger partial charge on any atom is 0.341 e. The van der Waals surface area contributed by atoms with Crippen LogP contribution in [0.1, 0.15) is 11.1 Å². The number of aromatic nitrogens is 1. The van der Waals surface area contributed by atoms with Crippen molar-refractivity contribution >= 4 is 11.5 Å². The number of aliphatic hydroxyl groups is 1. The second kappa shape index (κ2) is 7.95. The van der Waals surface area contributed by atoms with Gasteiger partial charge in [0, 0.05) is 6.20 Å². The van der Waals surface area contributed by atoms with Crippen molar-refractivity contribution in [1.82, 2.24) is 4.98 Å². The second-order valence-corrected chi connectivity index (χ2v) is 4.52. The van der Waals surface area contributed by atoms with Crippen LogP contribution in [0.5, 0.6) is 11.6 Å². The van der Waals surface area contributed by atoms with Crippen LogP contribution in [0.3, 0.4) is 0 Å². The van der Waals surface area contributed by atoms with E-state index in [4.69, 9.17) is 14.2 Å². The minimum atomic E-state index is -0.561. The van der Waals surface area contributed by atoms with E-state index in [1.54, 1.807) is 42.6 Å². The van der Waals surface area contributed by atoms with Crippen LogP contribution in [-0.2, 0) is 20.9 Å². The van der Waals surface area contributed by atoms with Gasteiger partial charge in [0.05, 0.1) is 32.7 Å². The van der Waals surface area contributed by atoms with Crippen LogP contribution in [0.15, 0.2) is 48.9 Å². The Kier molecular flexibility index (Phi) is 5.71. The van der Waals surface area contributed by atoms with Gasteiger partial charge in [-0.1, -0.05) is 12.1 Å². The number of aliphatic hydroxyl groups excluding tert-OH is 1. The quantitative estimate of drug-likeness (QED) is 0.501. The zero-order valence-corrected chi connectivity index (χ0v) is 12.9. The molecule has 1 aromatic carbocycles. The highest BCUT2D eigenvalue weighted by molar-refractivity contribution is 6.16. The molecular weight excluding hydrogens is 298 g/mol. The summed E-state index contributed by atoms with van der Waals surface area (Å²) in [6.45, 7) is -0.0940. The maximum atomic E-state index is 11.9. The van der Waals surface area contributed by atoms with E-state index >= 15 is 0 Å². The number of nitrogens with zero attached hydrogens (tertiary/aromatic N) is 1. The number of carbonyl (C=O) groups excluding carboxylic acids is 1. The highest BCUT2D eigenvalue weighted by atomic mass is 16.5. The largest absolute Gasteiger partial charge is 0.503 e. The third-order valence-electron chi connectivity index (χ3n) is 3.00. The van der Waals surface area contributed by atoms with Crippen LogP contribution >= 0.6 is 0 Å². The number of hydrogen-bond acceptors (Lipinski definition) is 6. The molecule has 0 radical (unpaired) electrons. The van der Waals surface area contributed by atoms with E-state index in [2.05, 4.69) is 4.98 Å². The molecule has 0 aliphatic rings. The molecule has 0 amide bonds. The van der Waals surface area contributed by atoms with Crippen LogP contribution in [0, 0.1) is 0 Å². The van der Waals surface area contributed by atoms with Crippen molar-refractivity contribution in [2.75, 3.05) is 14.2 Å². The molecule has 0 saturated heterocycles. The van der Waals surface area contributed by atoms with Gasteiger partial charge in [-0.2, -0.15) is 0 Å². The minimum Gasteiger partial charge on any atom is -0.503 e. The monoisotopic (exact) mass is 315 g/mol. The van der Waals surface area contributed by atoms with E-state index in [-0.39, 0.29) is 18.1 Å². The molecule has 0 unspecified atom stereocenters. The standard InChI is InChI=1S/C17H17NO5/c1-21-11-15(17(20)22-2)14-7-4-8-18-16(14)23-13-6-3-5-12(9-13)10-19/h3-9,11,19H,10H2,1-2H3/b15-11+. The molecule has 0 saturated carbocycles. The number of esters is 1. The summed E-state index contributed by atoms with van der Waals surface area (Å²) in [6, 6.07) is 10.3. The first kappa shape index (κ1) is 16.5. The average Bonchev–Trinajstić information content (AvgIpc) is 2.60. The van der Waals surface area contributed by atoms with Gasteiger partial charge >= 0.3 is 5.97 Å². The number of rotatable bonds is 6. The molecule has 0 fully saturated rings. The smallest absolute Gasteiger partial charge is 0.341 e. The summed E-state index contributed by atoms with van der Waals surface area (Å²) in [5.74, 6) is 0.170. The average molecular weight is 315 g/mol. The number of benzene rings is 1. The summed E-state index contributed by atoms with van der Waals surface area (Å²) in [5.41, 5.74) is 1.34. The van der Waals surface area contributed by atoms with Crippen molar-refractivity contribution in [3.8, 4) is 11.6 Å². The lowest BCUT2D eigenvalue weighted by atomic mass is 10.1. The third kappa shape index (κ3) is 4.08. The molecule has 6 nitrogen and oxygen atoms in total. The Morgan fingerprint density at radius 2 is 2.09 bits per heavy atom. The summed E-state index contributed by atoms with van der Waals surface area (Å²) in [5, 5.41) is 9.19. The van der Waals surface area contributed by atoms with Crippen LogP contribution in [0.25, 0.3) is 5.57 Å². The fourth-order valence-corrected chi connectivity index (χ4v) is 1.95. The molecule has 0 aliphatic carbocycles. The van der Waals surface area contributed by atoms with E-state index in [1.807, 2.05) is 0 Å². The van der Waals surface area contributed by atoms with E-state index in [9.17, 15) is 9.90 Å². The van der Waals surface area contributed by atoms with Crippen molar-refractivity contribution in [2.45, 2.75) is 6.61 Å². The van der Waals surface area contributed by atoms with E-state index in [1.165, 1.54) is 20.5 Å². The Morgan fingerprint density at radius 1 is 1.26 bits per heavy atom. The second-order valence-electron chi connectivity index (χ2n) is 4.52. The molecule has 0 spiro atoms. The molecule has 1 aromatic heterocycles. The summed E-state index contributed by atoms with van der Waals surface area (Å²) < 4.78 is 15.4. The first-order valence-electron chi connectivity index (χ1n) is 6.84. The van der Waals surface area contributed by atoms with Crippen LogP contribution in [-0.4, -0.2) is 30.3 Å². The van der Waals surface area contributed by atoms with Gasteiger partial charge in [0.25, 0.3) is 0 Å². The SMILES string of the molecule is CO/C=C(/C(=O)OC)c1cccnc1Oc1cccc(CO)c1. The van der Waals surface area contributed by atoms with Crippen molar-refractivity contribution < 1.29 is 24.1 Å². The molecule has 1 heterocycles. The highest BCUT2D eigenvalue weighted by Gasteiger charge is 2.19. The Hall–Kier alpha value is -2.86. The molecule has 120 valence electrons. The van der Waals surface area contributed by atoms with Gasteiger partial charge in [-0.05, 0) is 29.8 Å². The summed E-state index contributed by atoms with van der Waals surface area (Å²) in [6.07, 6.45) is 2.83. The number of methoxy groups -OCH3 is 2. The van der Waals surface area contributed by atoms with Crippen molar-refractivity contribution in [3.63, 3.8) is 0 Å². The lowest BCUT2D eigenvalue weighted by Gasteiger charge is -2.12. The van der Waals surface area contributed by atoms with Gasteiger partial charge in [0.15, 0.2) is 0 Å². The Bertz CT molecular complexity index is 712. The molecule has 2 aromatic rings. The Morgan fingerprint density at radius 3 is 2.78 bits per heavy atom. The van der Waals surface area contributed by atoms with E-state index in [0.29, 0.717) is 16.9 Å². The fraction of sp³-hybridized carbons (Fsp3) is 0.176. The van der Waals surface area contributed by atoms with Crippen LogP contribution < -0.4 is 4.74 Å². The molecule has 23 heavy (non-hydrogen) atoms. The van der Waals surface area contributed by atoms with Crippen LogP contribution in [0.4, 0.5) is 0 Å². The zero-order valence-electron chi connectivity index (χ0n) is 12.9. The Balaban J connectivity index is 2.40. The molecule has 1 N–H and O–H groups in total. The van der Waals surface area contributed by atoms with Gasteiger partial charge in [-0.15, -0.1) is 0 Å². The predicted molar refractivity (Wildman–Crippen MR) is 83.7 cm³/mol. The van der Waals surface area contributed by atoms with Crippen LogP contribution in [0.2, 0.25) is 0 Å². The molecule has 0 atom stereocenters. The van der Waals surface area contributed by atoms with Crippen molar-refractivity contribution in [1.29, 1.82) is 0 Å². The topological polar surface area (TPSA) is 77.9 Å². The third-order valence-corrected chi connectivity index (χ3v) is 3.00. The molecule has 0 aliphatic heterocycles. The van der Waals surface area contributed by atoms with Crippen molar-refractivity contribution in [2.24, 2.45) is 0 Å². The lowest BCUT2D eigenvalue weighted by Crippen LogP contribution is -2.06. The molecular formula is C17H17NO5. The minimum absolute atomic E-state index is 0.0940. The van der Waals surface area contributed by atoms with Gasteiger partial charge in [0.1, 0.15) is 11.3 Å². The van der Waals surface area contributed by atoms with Gasteiger partial charge in [-0.3, -0.25) is 0 Å². The predicted octanol–water partition coefficient (Wildman–Crippen LogP) is 2.53. The van der Waals surface area contributed by atoms with Gasteiger partial charge < -0.3 is 19.3 Å². The maximum absolute atomic E-state index is 11.9. The van der Waals surface area contributed by atoms with E-state index in [0.717, 1.165) is 0 Å². The first-order chi connectivity index (χ1) is 11.2. The summed E-state index contributed by atoms with van der Waals surface area (Å²) in [4.78, 5) is 16.1. The number of ether oxygens (including phenoxy) is 3. The first-order valence-corrected chi connectivity index (χ1v) is 6.84. The fourth-order valence-electron chi connectivity index (χ4n) is 1.95. The number of pyridine rings is 1. The van der Waals surface area contributed by atoms with Crippen molar-refractivity contribution in [3.05, 3.63) is 60.0 Å². The summed E-state index contributed by atoms with van der Waals surface area (Å²) in [7, 11) is 2.72. The number of carbonyl (C=O) groups is 1. The summed E-state index contributed by atoms with van der Waals surface area (Å²) >= 11 is 0. The molecule has 6 heteroatoms. The zero-order chi connectivity index (χ0) is 16.7. The Labute approximate surface area is 134 Å². The van der Waals surface area contributed by atoms with E-state index < -0.39 is 5.97 Å². The van der Waals surface area contributed by atoms with Gasteiger partial charge in [-0.25, -0.2) is 9.78 Å².